The van der Waals surface area contributed by atoms with Crippen molar-refractivity contribution in [1.29, 1.82) is 10.5 Å². The van der Waals surface area contributed by atoms with E-state index in [2.05, 4.69) is 73.4 Å². The second kappa shape index (κ2) is 17.5. The van der Waals surface area contributed by atoms with E-state index in [1.807, 2.05) is 65.6 Å². The normalized spacial score (nSPS) is 13.8. The highest BCUT2D eigenvalue weighted by Crippen LogP contribution is 2.43. The molecule has 4 aromatic rings. The largest absolute Gasteiger partial charge is 0.372 e. The summed E-state index contributed by atoms with van der Waals surface area (Å²) in [6, 6.07) is 35.1. The summed E-state index contributed by atoms with van der Waals surface area (Å²) in [5.41, 5.74) is 9.45. The first-order valence-corrected chi connectivity index (χ1v) is 17.7. The monoisotopic (exact) mass is 685 g/mol. The molecule has 1 aliphatic carbocycles. The summed E-state index contributed by atoms with van der Waals surface area (Å²) in [7, 11) is 0. The molecule has 248 valence electrons. The number of nitrogens with zero attached hydrogens (tertiary/aromatic N) is 5. The van der Waals surface area contributed by atoms with E-state index < -0.39 is 0 Å². The second-order valence-electron chi connectivity index (χ2n) is 12.0. The van der Waals surface area contributed by atoms with E-state index in [9.17, 15) is 10.5 Å². The molecule has 0 bridgehead atoms. The molecular formula is C42H41Cl2N5. The summed E-state index contributed by atoms with van der Waals surface area (Å²) in [6.07, 6.45) is 8.18. The van der Waals surface area contributed by atoms with Crippen LogP contribution in [0.4, 0.5) is 17.1 Å². The Bertz CT molecular complexity index is 1910. The van der Waals surface area contributed by atoms with Crippen molar-refractivity contribution in [2.45, 2.75) is 46.0 Å². The molecule has 0 fully saturated rings. The Hall–Kier alpha value is -4.81. The summed E-state index contributed by atoms with van der Waals surface area (Å²) >= 11 is 14.5. The standard InChI is InChI=1S/C42H41Cl2N5/c1-3-5-26-48(25-4-2)32-17-19-37(39(43)29-32)42(38-20-18-33(30-40(38)44)49(27-11-23-45)28-12-24-46)36-21-22-41(35-16-10-9-15-34(35)36)47-31-13-7-6-8-14-31/h6-10,13-22,29-30H,3-5,11-12,25-28H2,1-2H3/b42-36-,47-41?. The fraction of sp³-hybridized carbons (Fsp3) is 0.262. The van der Waals surface area contributed by atoms with Gasteiger partial charge in [-0.3, -0.25) is 0 Å². The Kier molecular flexibility index (Phi) is 12.7. The fourth-order valence-electron chi connectivity index (χ4n) is 6.21. The molecule has 0 aliphatic heterocycles. The number of nitriles is 2. The van der Waals surface area contributed by atoms with Crippen molar-refractivity contribution in [3.8, 4) is 12.1 Å². The van der Waals surface area contributed by atoms with Gasteiger partial charge >= 0.3 is 0 Å². The fourth-order valence-corrected chi connectivity index (χ4v) is 6.75. The lowest BCUT2D eigenvalue weighted by atomic mass is 9.83. The molecule has 49 heavy (non-hydrogen) atoms. The van der Waals surface area contributed by atoms with E-state index in [4.69, 9.17) is 28.2 Å². The predicted molar refractivity (Wildman–Crippen MR) is 207 cm³/mol. The minimum Gasteiger partial charge on any atom is -0.372 e. The molecule has 7 heteroatoms. The number of halogens is 2. The zero-order chi connectivity index (χ0) is 34.6. The van der Waals surface area contributed by atoms with Gasteiger partial charge in [-0.05, 0) is 72.0 Å². The van der Waals surface area contributed by atoms with Gasteiger partial charge in [-0.25, -0.2) is 4.99 Å². The average molecular weight is 687 g/mol. The maximum absolute atomic E-state index is 9.26. The van der Waals surface area contributed by atoms with Crippen LogP contribution in [0.15, 0.2) is 108 Å². The van der Waals surface area contributed by atoms with Gasteiger partial charge < -0.3 is 9.80 Å². The van der Waals surface area contributed by atoms with Crippen LogP contribution in [0.5, 0.6) is 0 Å². The van der Waals surface area contributed by atoms with Crippen molar-refractivity contribution in [1.82, 2.24) is 0 Å². The molecule has 0 atom stereocenters. The van der Waals surface area contributed by atoms with Gasteiger partial charge in [0.15, 0.2) is 0 Å². The van der Waals surface area contributed by atoms with E-state index in [-0.39, 0.29) is 0 Å². The lowest BCUT2D eigenvalue weighted by molar-refractivity contribution is 0.704. The van der Waals surface area contributed by atoms with Crippen molar-refractivity contribution in [2.75, 3.05) is 36.0 Å². The van der Waals surface area contributed by atoms with E-state index in [1.165, 1.54) is 0 Å². The van der Waals surface area contributed by atoms with Gasteiger partial charge in [0.05, 0.1) is 46.4 Å². The quantitative estimate of drug-likeness (QED) is 0.132. The lowest BCUT2D eigenvalue weighted by Gasteiger charge is -2.27. The van der Waals surface area contributed by atoms with Crippen LogP contribution in [0, 0.1) is 22.7 Å². The first-order valence-electron chi connectivity index (χ1n) is 17.0. The Morgan fingerprint density at radius 2 is 1.22 bits per heavy atom. The second-order valence-corrected chi connectivity index (χ2v) is 12.8. The molecule has 5 rings (SSSR count). The van der Waals surface area contributed by atoms with Crippen LogP contribution in [0.3, 0.4) is 0 Å². The Balaban J connectivity index is 1.70. The highest BCUT2D eigenvalue weighted by atomic mass is 35.5. The summed E-state index contributed by atoms with van der Waals surface area (Å²) in [4.78, 5) is 9.43. The van der Waals surface area contributed by atoms with Crippen LogP contribution in [-0.4, -0.2) is 31.9 Å². The molecule has 0 heterocycles. The van der Waals surface area contributed by atoms with Crippen LogP contribution < -0.4 is 9.80 Å². The molecule has 5 nitrogen and oxygen atoms in total. The van der Waals surface area contributed by atoms with Gasteiger partial charge in [0.1, 0.15) is 0 Å². The average Bonchev–Trinajstić information content (AvgIpc) is 3.12. The van der Waals surface area contributed by atoms with Crippen molar-refractivity contribution in [3.63, 3.8) is 0 Å². The van der Waals surface area contributed by atoms with Gasteiger partial charge in [0.2, 0.25) is 0 Å². The van der Waals surface area contributed by atoms with Crippen LogP contribution in [0.1, 0.15) is 68.2 Å². The summed E-state index contributed by atoms with van der Waals surface area (Å²) in [6.45, 7) is 7.39. The van der Waals surface area contributed by atoms with E-state index in [0.717, 1.165) is 88.5 Å². The first kappa shape index (κ1) is 35.5. The highest BCUT2D eigenvalue weighted by molar-refractivity contribution is 6.36. The maximum Gasteiger partial charge on any atom is 0.0715 e. The van der Waals surface area contributed by atoms with Gasteiger partial charge in [-0.15, -0.1) is 0 Å². The summed E-state index contributed by atoms with van der Waals surface area (Å²) < 4.78 is 0. The maximum atomic E-state index is 9.26. The number of allylic oxidation sites excluding steroid dienone is 3. The number of benzene rings is 4. The van der Waals surface area contributed by atoms with Crippen molar-refractivity contribution >= 4 is 57.1 Å². The number of aliphatic imine (C=N–C) groups is 1. The number of fused-ring (bicyclic) bond motifs is 1. The zero-order valence-electron chi connectivity index (χ0n) is 28.2. The first-order chi connectivity index (χ1) is 24.0. The van der Waals surface area contributed by atoms with Crippen molar-refractivity contribution < 1.29 is 0 Å². The number of hydrogen-bond acceptors (Lipinski definition) is 5. The van der Waals surface area contributed by atoms with Gasteiger partial charge in [-0.2, -0.15) is 10.5 Å². The minimum atomic E-state index is 0.351. The molecule has 1 aliphatic rings. The predicted octanol–water partition coefficient (Wildman–Crippen LogP) is 11.3. The molecule has 0 spiro atoms. The Labute approximate surface area is 301 Å². The van der Waals surface area contributed by atoms with Gasteiger partial charge in [0, 0.05) is 54.2 Å². The third-order valence-electron chi connectivity index (χ3n) is 8.61. The van der Waals surface area contributed by atoms with E-state index in [0.29, 0.717) is 36.0 Å². The Morgan fingerprint density at radius 1 is 0.653 bits per heavy atom. The van der Waals surface area contributed by atoms with E-state index in [1.54, 1.807) is 0 Å². The summed E-state index contributed by atoms with van der Waals surface area (Å²) in [5, 5.41) is 19.7. The number of hydrogen-bond donors (Lipinski definition) is 0. The Morgan fingerprint density at radius 3 is 1.78 bits per heavy atom. The highest BCUT2D eigenvalue weighted by Gasteiger charge is 2.24. The molecule has 0 aromatic heterocycles. The molecule has 0 N–H and O–H groups in total. The number of anilines is 2. The SMILES string of the molecule is CCCCN(CCC)c1ccc(/C(=C2\C=CC(=Nc3ccccc3)c3ccccc32)c2ccc(N(CCC#N)CCC#N)cc2Cl)c(Cl)c1. The lowest BCUT2D eigenvalue weighted by Crippen LogP contribution is -2.25. The van der Waals surface area contributed by atoms with Gasteiger partial charge in [0.25, 0.3) is 0 Å². The van der Waals surface area contributed by atoms with Crippen molar-refractivity contribution in [3.05, 3.63) is 135 Å². The topological polar surface area (TPSA) is 66.4 Å². The molecule has 0 amide bonds. The zero-order valence-corrected chi connectivity index (χ0v) is 29.7. The minimum absolute atomic E-state index is 0.351. The van der Waals surface area contributed by atoms with Gasteiger partial charge in [-0.1, -0.05) is 104 Å². The van der Waals surface area contributed by atoms with Crippen LogP contribution >= 0.6 is 23.2 Å². The van der Waals surface area contributed by atoms with Crippen LogP contribution in [0.2, 0.25) is 10.0 Å². The molecule has 0 radical (unpaired) electrons. The molecule has 0 saturated heterocycles. The van der Waals surface area contributed by atoms with E-state index >= 15 is 0 Å². The molecule has 4 aromatic carbocycles. The third kappa shape index (κ3) is 8.62. The number of para-hydroxylation sites is 1. The number of unbranched alkanes of at least 4 members (excludes halogenated alkanes) is 1. The smallest absolute Gasteiger partial charge is 0.0715 e. The van der Waals surface area contributed by atoms with Crippen LogP contribution in [-0.2, 0) is 0 Å². The molecule has 0 saturated carbocycles. The van der Waals surface area contributed by atoms with Crippen LogP contribution in [0.25, 0.3) is 11.1 Å². The van der Waals surface area contributed by atoms with Crippen molar-refractivity contribution in [2.24, 2.45) is 4.99 Å². The molecule has 0 unspecified atom stereocenters. The summed E-state index contributed by atoms with van der Waals surface area (Å²) in [5.74, 6) is 0. The number of rotatable bonds is 14. The third-order valence-corrected chi connectivity index (χ3v) is 9.24. The molecular weight excluding hydrogens is 645 g/mol.